The van der Waals surface area contributed by atoms with Crippen LogP contribution in [-0.2, 0) is 4.84 Å². The number of carbonyl (C=O) groups excluding carboxylic acids is 1. The van der Waals surface area contributed by atoms with Crippen molar-refractivity contribution in [3.8, 4) is 0 Å². The van der Waals surface area contributed by atoms with Gasteiger partial charge in [-0.05, 0) is 34.1 Å². The minimum atomic E-state index is -0.560. The van der Waals surface area contributed by atoms with E-state index in [1.807, 2.05) is 0 Å². The van der Waals surface area contributed by atoms with E-state index in [0.717, 1.165) is 6.07 Å². The molecule has 0 aliphatic carbocycles. The van der Waals surface area contributed by atoms with E-state index in [1.165, 1.54) is 12.1 Å². The zero-order valence-corrected chi connectivity index (χ0v) is 9.25. The first-order valence-corrected chi connectivity index (χ1v) is 4.92. The van der Waals surface area contributed by atoms with Crippen LogP contribution in [0.5, 0.6) is 0 Å². The van der Waals surface area contributed by atoms with Crippen molar-refractivity contribution in [1.82, 2.24) is 5.48 Å². The summed E-state index contributed by atoms with van der Waals surface area (Å²) in [4.78, 5) is 15.9. The van der Waals surface area contributed by atoms with Crippen LogP contribution in [0.25, 0.3) is 0 Å². The Hall–Kier alpha value is -0.980. The van der Waals surface area contributed by atoms with Crippen LogP contribution in [0.2, 0.25) is 0 Å². The van der Waals surface area contributed by atoms with Gasteiger partial charge in [0.05, 0.1) is 17.7 Å². The number of aliphatic hydroxyl groups excluding tert-OH is 1. The first-order valence-electron chi connectivity index (χ1n) is 4.13. The Morgan fingerprint density at radius 2 is 2.33 bits per heavy atom. The number of nitrogens with one attached hydrogen (secondary N) is 1. The van der Waals surface area contributed by atoms with Crippen molar-refractivity contribution < 1.29 is 19.1 Å². The molecule has 15 heavy (non-hydrogen) atoms. The highest BCUT2D eigenvalue weighted by Gasteiger charge is 2.08. The number of halogens is 2. The minimum Gasteiger partial charge on any atom is -0.394 e. The number of benzene rings is 1. The zero-order valence-electron chi connectivity index (χ0n) is 7.67. The lowest BCUT2D eigenvalue weighted by Crippen LogP contribution is -2.25. The van der Waals surface area contributed by atoms with Gasteiger partial charge in [0.1, 0.15) is 5.82 Å². The summed E-state index contributed by atoms with van der Waals surface area (Å²) in [5, 5.41) is 8.39. The van der Waals surface area contributed by atoms with Gasteiger partial charge in [-0.3, -0.25) is 9.63 Å². The van der Waals surface area contributed by atoms with Gasteiger partial charge < -0.3 is 5.11 Å². The number of carbonyl (C=O) groups is 1. The number of rotatable bonds is 4. The number of hydrogen-bond acceptors (Lipinski definition) is 3. The first kappa shape index (κ1) is 12.1. The molecule has 0 aliphatic heterocycles. The summed E-state index contributed by atoms with van der Waals surface area (Å²) in [7, 11) is 0. The van der Waals surface area contributed by atoms with Gasteiger partial charge in [0.2, 0.25) is 0 Å². The highest BCUT2D eigenvalue weighted by Crippen LogP contribution is 2.16. The third-order valence-electron chi connectivity index (χ3n) is 1.54. The van der Waals surface area contributed by atoms with E-state index in [-0.39, 0.29) is 23.2 Å². The fraction of sp³-hybridized carbons (Fsp3) is 0.222. The van der Waals surface area contributed by atoms with Crippen LogP contribution in [0.15, 0.2) is 22.7 Å². The second-order valence-corrected chi connectivity index (χ2v) is 3.49. The predicted molar refractivity (Wildman–Crippen MR) is 54.6 cm³/mol. The van der Waals surface area contributed by atoms with E-state index in [4.69, 9.17) is 5.11 Å². The van der Waals surface area contributed by atoms with Crippen molar-refractivity contribution in [2.24, 2.45) is 0 Å². The molecule has 0 heterocycles. The van der Waals surface area contributed by atoms with E-state index in [0.29, 0.717) is 0 Å². The van der Waals surface area contributed by atoms with Crippen molar-refractivity contribution in [3.05, 3.63) is 34.1 Å². The lowest BCUT2D eigenvalue weighted by atomic mass is 10.2. The van der Waals surface area contributed by atoms with Gasteiger partial charge in [0, 0.05) is 5.56 Å². The quantitative estimate of drug-likeness (QED) is 0.643. The van der Waals surface area contributed by atoms with Gasteiger partial charge in [-0.1, -0.05) is 0 Å². The van der Waals surface area contributed by atoms with Crippen LogP contribution in [0, 0.1) is 5.82 Å². The second-order valence-electron chi connectivity index (χ2n) is 2.63. The SMILES string of the molecule is O=C(NOCCO)c1ccc(Br)c(F)c1. The standard InChI is InChI=1S/C9H9BrFNO3/c10-7-2-1-6(5-8(7)11)9(14)12-15-4-3-13/h1-2,5,13H,3-4H2,(H,12,14). The molecule has 1 amide bonds. The largest absolute Gasteiger partial charge is 0.394 e. The molecule has 0 radical (unpaired) electrons. The highest BCUT2D eigenvalue weighted by molar-refractivity contribution is 9.10. The van der Waals surface area contributed by atoms with Crippen LogP contribution in [0.4, 0.5) is 4.39 Å². The van der Waals surface area contributed by atoms with Crippen molar-refractivity contribution in [2.45, 2.75) is 0 Å². The molecule has 0 atom stereocenters. The summed E-state index contributed by atoms with van der Waals surface area (Å²) in [5.74, 6) is -1.08. The summed E-state index contributed by atoms with van der Waals surface area (Å²) in [6.07, 6.45) is 0. The Morgan fingerprint density at radius 1 is 1.60 bits per heavy atom. The van der Waals surface area contributed by atoms with Crippen LogP contribution in [0.1, 0.15) is 10.4 Å². The molecule has 1 aromatic rings. The van der Waals surface area contributed by atoms with Crippen LogP contribution < -0.4 is 5.48 Å². The molecule has 0 aliphatic rings. The normalized spacial score (nSPS) is 10.1. The molecule has 0 spiro atoms. The van der Waals surface area contributed by atoms with E-state index < -0.39 is 11.7 Å². The fourth-order valence-electron chi connectivity index (χ4n) is 0.859. The summed E-state index contributed by atoms with van der Waals surface area (Å²) in [6, 6.07) is 3.96. The second kappa shape index (κ2) is 5.79. The Labute approximate surface area is 94.1 Å². The summed E-state index contributed by atoms with van der Waals surface area (Å²) in [6.45, 7) is -0.209. The molecule has 0 saturated heterocycles. The Balaban J connectivity index is 2.62. The molecule has 4 nitrogen and oxygen atoms in total. The highest BCUT2D eigenvalue weighted by atomic mass is 79.9. The number of hydroxylamine groups is 1. The summed E-state index contributed by atoms with van der Waals surface area (Å²) < 4.78 is 13.3. The van der Waals surface area contributed by atoms with E-state index in [9.17, 15) is 9.18 Å². The number of aliphatic hydroxyl groups is 1. The van der Waals surface area contributed by atoms with Gasteiger partial charge >= 0.3 is 0 Å². The van der Waals surface area contributed by atoms with Crippen LogP contribution in [0.3, 0.4) is 0 Å². The molecular formula is C9H9BrFNO3. The maximum Gasteiger partial charge on any atom is 0.274 e. The smallest absolute Gasteiger partial charge is 0.274 e. The van der Waals surface area contributed by atoms with E-state index in [1.54, 1.807) is 0 Å². The third-order valence-corrected chi connectivity index (χ3v) is 2.18. The maximum atomic E-state index is 13.0. The summed E-state index contributed by atoms with van der Waals surface area (Å²) in [5.41, 5.74) is 2.21. The molecule has 0 fully saturated rings. The molecule has 1 aromatic carbocycles. The molecule has 1 rings (SSSR count). The van der Waals surface area contributed by atoms with Crippen molar-refractivity contribution in [1.29, 1.82) is 0 Å². The number of amides is 1. The van der Waals surface area contributed by atoms with Gasteiger partial charge in [0.25, 0.3) is 5.91 Å². The maximum absolute atomic E-state index is 13.0. The Morgan fingerprint density at radius 3 is 2.93 bits per heavy atom. The number of hydrogen-bond donors (Lipinski definition) is 2. The van der Waals surface area contributed by atoms with Gasteiger partial charge in [0.15, 0.2) is 0 Å². The average molecular weight is 278 g/mol. The van der Waals surface area contributed by atoms with Gasteiger partial charge in [-0.25, -0.2) is 9.87 Å². The Bertz CT molecular complexity index is 359. The molecular weight excluding hydrogens is 269 g/mol. The molecule has 6 heteroatoms. The molecule has 2 N–H and O–H groups in total. The Kier molecular flexibility index (Phi) is 4.67. The topological polar surface area (TPSA) is 58.6 Å². The fourth-order valence-corrected chi connectivity index (χ4v) is 1.11. The van der Waals surface area contributed by atoms with Crippen LogP contribution >= 0.6 is 15.9 Å². The van der Waals surface area contributed by atoms with Gasteiger partial charge in [-0.2, -0.15) is 0 Å². The van der Waals surface area contributed by atoms with E-state index in [2.05, 4.69) is 26.2 Å². The van der Waals surface area contributed by atoms with E-state index >= 15 is 0 Å². The average Bonchev–Trinajstić information content (AvgIpc) is 2.22. The van der Waals surface area contributed by atoms with Crippen LogP contribution in [-0.4, -0.2) is 24.2 Å². The molecule has 82 valence electrons. The van der Waals surface area contributed by atoms with Crippen molar-refractivity contribution in [2.75, 3.05) is 13.2 Å². The third kappa shape index (κ3) is 3.58. The molecule has 0 unspecified atom stereocenters. The molecule has 0 saturated carbocycles. The lowest BCUT2D eigenvalue weighted by molar-refractivity contribution is 0.0168. The lowest BCUT2D eigenvalue weighted by Gasteiger charge is -2.04. The monoisotopic (exact) mass is 277 g/mol. The minimum absolute atomic E-state index is 0.00918. The van der Waals surface area contributed by atoms with Gasteiger partial charge in [-0.15, -0.1) is 0 Å². The molecule has 0 bridgehead atoms. The predicted octanol–water partition coefficient (Wildman–Crippen LogP) is 1.24. The summed E-state index contributed by atoms with van der Waals surface area (Å²) >= 11 is 2.97. The van der Waals surface area contributed by atoms with Crippen molar-refractivity contribution in [3.63, 3.8) is 0 Å². The van der Waals surface area contributed by atoms with Crippen molar-refractivity contribution >= 4 is 21.8 Å². The zero-order chi connectivity index (χ0) is 11.3. The first-order chi connectivity index (χ1) is 7.15. The molecule has 0 aromatic heterocycles.